The van der Waals surface area contributed by atoms with Gasteiger partial charge in [0.1, 0.15) is 0 Å². The lowest BCUT2D eigenvalue weighted by Crippen LogP contribution is -2.51. The van der Waals surface area contributed by atoms with Crippen LogP contribution in [0.15, 0.2) is 60.7 Å². The predicted octanol–water partition coefficient (Wildman–Crippen LogP) is 4.35. The van der Waals surface area contributed by atoms with Gasteiger partial charge in [-0.25, -0.2) is 0 Å². The minimum Gasteiger partial charge on any atom is -0.324 e. The zero-order valence-corrected chi connectivity index (χ0v) is 14.0. The van der Waals surface area contributed by atoms with E-state index in [1.54, 1.807) is 0 Å². The molecule has 2 aromatic carbocycles. The van der Waals surface area contributed by atoms with Crippen molar-refractivity contribution in [2.24, 2.45) is 5.73 Å². The summed E-state index contributed by atoms with van der Waals surface area (Å²) in [5, 5.41) is 0. The zero-order valence-electron chi connectivity index (χ0n) is 14.0. The van der Waals surface area contributed by atoms with Crippen LogP contribution in [0.25, 0.3) is 0 Å². The van der Waals surface area contributed by atoms with Crippen LogP contribution in [0, 0.1) is 0 Å². The summed E-state index contributed by atoms with van der Waals surface area (Å²) in [5.74, 6) is 0. The van der Waals surface area contributed by atoms with E-state index in [-0.39, 0.29) is 5.54 Å². The number of benzene rings is 2. The van der Waals surface area contributed by atoms with Crippen LogP contribution in [0.1, 0.15) is 43.2 Å². The summed E-state index contributed by atoms with van der Waals surface area (Å²) < 4.78 is 0. The maximum atomic E-state index is 6.73. The van der Waals surface area contributed by atoms with Gasteiger partial charge in [0, 0.05) is 25.2 Å². The van der Waals surface area contributed by atoms with Crippen LogP contribution in [0.5, 0.6) is 0 Å². The number of rotatable bonds is 6. The topological polar surface area (TPSA) is 29.3 Å². The molecule has 0 radical (unpaired) electrons. The molecule has 2 heteroatoms. The Morgan fingerprint density at radius 1 is 0.739 bits per heavy atom. The molecule has 0 spiro atoms. The van der Waals surface area contributed by atoms with Gasteiger partial charge in [0.2, 0.25) is 0 Å². The average molecular weight is 308 g/mol. The van der Waals surface area contributed by atoms with E-state index >= 15 is 0 Å². The fourth-order valence-electron chi connectivity index (χ4n) is 3.71. The molecule has 1 saturated carbocycles. The van der Waals surface area contributed by atoms with Gasteiger partial charge in [0.25, 0.3) is 0 Å². The van der Waals surface area contributed by atoms with Crippen molar-refractivity contribution < 1.29 is 0 Å². The van der Waals surface area contributed by atoms with E-state index in [1.807, 2.05) is 0 Å². The summed E-state index contributed by atoms with van der Waals surface area (Å²) >= 11 is 0. The summed E-state index contributed by atoms with van der Waals surface area (Å²) in [4.78, 5) is 2.52. The summed E-state index contributed by atoms with van der Waals surface area (Å²) in [6.07, 6.45) is 6.22. The van der Waals surface area contributed by atoms with Gasteiger partial charge in [-0.05, 0) is 24.0 Å². The highest BCUT2D eigenvalue weighted by Crippen LogP contribution is 2.27. The second-order valence-corrected chi connectivity index (χ2v) is 7.04. The first-order chi connectivity index (χ1) is 11.2. The first-order valence-electron chi connectivity index (χ1n) is 8.83. The van der Waals surface area contributed by atoms with E-state index in [9.17, 15) is 0 Å². The normalized spacial score (nSPS) is 17.3. The van der Waals surface area contributed by atoms with Crippen LogP contribution >= 0.6 is 0 Å². The molecule has 1 aliphatic rings. The van der Waals surface area contributed by atoms with Crippen molar-refractivity contribution in [2.45, 2.75) is 50.7 Å². The van der Waals surface area contributed by atoms with E-state index in [4.69, 9.17) is 5.73 Å². The van der Waals surface area contributed by atoms with Gasteiger partial charge in [0.15, 0.2) is 0 Å². The molecule has 23 heavy (non-hydrogen) atoms. The molecule has 0 unspecified atom stereocenters. The maximum Gasteiger partial charge on any atom is 0.0283 e. The molecular formula is C21H28N2. The number of nitrogens with two attached hydrogens (primary N) is 1. The second-order valence-electron chi connectivity index (χ2n) is 7.04. The SMILES string of the molecule is NC1(CN(Cc2ccccc2)Cc2ccccc2)CCCCC1. The van der Waals surface area contributed by atoms with E-state index in [1.165, 1.54) is 30.4 Å². The third kappa shape index (κ3) is 4.92. The lowest BCUT2D eigenvalue weighted by atomic mass is 9.82. The predicted molar refractivity (Wildman–Crippen MR) is 97.0 cm³/mol. The molecule has 0 saturated heterocycles. The Hall–Kier alpha value is -1.64. The monoisotopic (exact) mass is 308 g/mol. The highest BCUT2D eigenvalue weighted by molar-refractivity contribution is 5.17. The molecule has 0 bridgehead atoms. The van der Waals surface area contributed by atoms with Gasteiger partial charge in [-0.3, -0.25) is 4.90 Å². The standard InChI is InChI=1S/C21H28N2/c22-21(14-8-3-9-15-21)18-23(16-19-10-4-1-5-11-19)17-20-12-6-2-7-13-20/h1-2,4-7,10-13H,3,8-9,14-18,22H2. The molecule has 2 N–H and O–H groups in total. The highest BCUT2D eigenvalue weighted by Gasteiger charge is 2.29. The molecule has 3 rings (SSSR count). The van der Waals surface area contributed by atoms with Crippen LogP contribution in [0.2, 0.25) is 0 Å². The first-order valence-corrected chi connectivity index (χ1v) is 8.83. The van der Waals surface area contributed by atoms with E-state index < -0.39 is 0 Å². The summed E-state index contributed by atoms with van der Waals surface area (Å²) in [6, 6.07) is 21.5. The molecule has 1 aliphatic carbocycles. The van der Waals surface area contributed by atoms with Gasteiger partial charge >= 0.3 is 0 Å². The molecule has 0 atom stereocenters. The van der Waals surface area contributed by atoms with Crippen molar-refractivity contribution in [3.05, 3.63) is 71.8 Å². The van der Waals surface area contributed by atoms with E-state index in [0.717, 1.165) is 32.5 Å². The van der Waals surface area contributed by atoms with Crippen molar-refractivity contribution in [1.82, 2.24) is 4.90 Å². The molecule has 1 fully saturated rings. The number of hydrogen-bond acceptors (Lipinski definition) is 2. The van der Waals surface area contributed by atoms with Gasteiger partial charge in [0.05, 0.1) is 0 Å². The van der Waals surface area contributed by atoms with E-state index in [0.29, 0.717) is 0 Å². The Kier molecular flexibility index (Phi) is 5.47. The van der Waals surface area contributed by atoms with Crippen LogP contribution in [-0.4, -0.2) is 17.0 Å². The molecular weight excluding hydrogens is 280 g/mol. The smallest absolute Gasteiger partial charge is 0.0283 e. The Morgan fingerprint density at radius 2 is 1.22 bits per heavy atom. The van der Waals surface area contributed by atoms with Crippen LogP contribution in [-0.2, 0) is 13.1 Å². The van der Waals surface area contributed by atoms with Crippen LogP contribution < -0.4 is 5.73 Å². The lowest BCUT2D eigenvalue weighted by Gasteiger charge is -2.38. The minimum absolute atomic E-state index is 0.0121. The second kappa shape index (κ2) is 7.76. The third-order valence-corrected chi connectivity index (χ3v) is 4.89. The Bertz CT molecular complexity index is 532. The minimum atomic E-state index is -0.0121. The molecule has 0 heterocycles. The third-order valence-electron chi connectivity index (χ3n) is 4.89. The molecule has 2 aromatic rings. The molecule has 2 nitrogen and oxygen atoms in total. The van der Waals surface area contributed by atoms with Crippen molar-refractivity contribution in [1.29, 1.82) is 0 Å². The van der Waals surface area contributed by atoms with Crippen molar-refractivity contribution in [2.75, 3.05) is 6.54 Å². The summed E-state index contributed by atoms with van der Waals surface area (Å²) in [6.45, 7) is 2.92. The zero-order chi connectivity index (χ0) is 16.0. The molecule has 0 amide bonds. The number of nitrogens with zero attached hydrogens (tertiary/aromatic N) is 1. The highest BCUT2D eigenvalue weighted by atomic mass is 15.1. The van der Waals surface area contributed by atoms with Gasteiger partial charge in [-0.15, -0.1) is 0 Å². The Balaban J connectivity index is 1.72. The Morgan fingerprint density at radius 3 is 1.70 bits per heavy atom. The summed E-state index contributed by atoms with van der Waals surface area (Å²) in [7, 11) is 0. The quantitative estimate of drug-likeness (QED) is 0.859. The first kappa shape index (κ1) is 16.2. The Labute approximate surface area is 140 Å². The summed E-state index contributed by atoms with van der Waals surface area (Å²) in [5.41, 5.74) is 9.44. The van der Waals surface area contributed by atoms with Crippen molar-refractivity contribution in [3.8, 4) is 0 Å². The van der Waals surface area contributed by atoms with E-state index in [2.05, 4.69) is 65.6 Å². The van der Waals surface area contributed by atoms with Crippen molar-refractivity contribution in [3.63, 3.8) is 0 Å². The van der Waals surface area contributed by atoms with Crippen LogP contribution in [0.3, 0.4) is 0 Å². The van der Waals surface area contributed by atoms with Crippen LogP contribution in [0.4, 0.5) is 0 Å². The van der Waals surface area contributed by atoms with Crippen molar-refractivity contribution >= 4 is 0 Å². The average Bonchev–Trinajstić information content (AvgIpc) is 2.57. The molecule has 0 aliphatic heterocycles. The van der Waals surface area contributed by atoms with Gasteiger partial charge in [-0.2, -0.15) is 0 Å². The molecule has 122 valence electrons. The largest absolute Gasteiger partial charge is 0.324 e. The number of hydrogen-bond donors (Lipinski definition) is 1. The van der Waals surface area contributed by atoms with Gasteiger partial charge in [-0.1, -0.05) is 79.9 Å². The lowest BCUT2D eigenvalue weighted by molar-refractivity contribution is 0.160. The van der Waals surface area contributed by atoms with Gasteiger partial charge < -0.3 is 5.73 Å². The fourth-order valence-corrected chi connectivity index (χ4v) is 3.71. The fraction of sp³-hybridized carbons (Fsp3) is 0.429. The molecule has 0 aromatic heterocycles. The maximum absolute atomic E-state index is 6.73.